The second kappa shape index (κ2) is 4.50. The number of nitrogens with zero attached hydrogens (tertiary/aromatic N) is 2. The number of hydrogen-bond acceptors (Lipinski definition) is 1. The SMILES string of the molecule is CC(Cl)c1nc2cc(I)ccc2n1C1(C(F)(F)F)CC1. The number of fused-ring (bicyclic) bond motifs is 1. The number of rotatable bonds is 2. The van der Waals surface area contributed by atoms with E-state index in [0.29, 0.717) is 16.9 Å². The second-order valence-corrected chi connectivity index (χ2v) is 6.98. The zero-order valence-electron chi connectivity index (χ0n) is 10.5. The molecule has 1 atom stereocenters. The van der Waals surface area contributed by atoms with Crippen LogP contribution in [0.1, 0.15) is 31.0 Å². The maximum Gasteiger partial charge on any atom is 0.412 e. The summed E-state index contributed by atoms with van der Waals surface area (Å²) in [5.41, 5.74) is -0.759. The quantitative estimate of drug-likeness (QED) is 0.500. The lowest BCUT2D eigenvalue weighted by atomic mass is 10.2. The molecule has 0 saturated heterocycles. The highest BCUT2D eigenvalue weighted by Gasteiger charge is 2.66. The molecule has 0 N–H and O–H groups in total. The number of hydrogen-bond donors (Lipinski definition) is 0. The van der Waals surface area contributed by atoms with Crippen molar-refractivity contribution in [2.24, 2.45) is 0 Å². The van der Waals surface area contributed by atoms with Crippen LogP contribution in [0.15, 0.2) is 18.2 Å². The van der Waals surface area contributed by atoms with E-state index in [1.807, 2.05) is 0 Å². The van der Waals surface area contributed by atoms with E-state index in [0.717, 1.165) is 3.57 Å². The molecule has 0 aliphatic heterocycles. The molecule has 2 aromatic rings. The van der Waals surface area contributed by atoms with Crippen LogP contribution in [0.3, 0.4) is 0 Å². The molecular weight excluding hydrogens is 404 g/mol. The molecule has 3 rings (SSSR count). The molecule has 108 valence electrons. The number of alkyl halides is 4. The van der Waals surface area contributed by atoms with Crippen molar-refractivity contribution in [3.63, 3.8) is 0 Å². The van der Waals surface area contributed by atoms with E-state index < -0.39 is 17.1 Å². The van der Waals surface area contributed by atoms with Gasteiger partial charge in [-0.25, -0.2) is 4.98 Å². The topological polar surface area (TPSA) is 17.8 Å². The van der Waals surface area contributed by atoms with Crippen LogP contribution < -0.4 is 0 Å². The number of halogens is 5. The van der Waals surface area contributed by atoms with Gasteiger partial charge in [0.05, 0.1) is 16.4 Å². The Morgan fingerprint density at radius 1 is 1.40 bits per heavy atom. The summed E-state index contributed by atoms with van der Waals surface area (Å²) < 4.78 is 42.5. The Hall–Kier alpha value is -0.500. The molecule has 20 heavy (non-hydrogen) atoms. The van der Waals surface area contributed by atoms with Gasteiger partial charge in [-0.1, -0.05) is 0 Å². The smallest absolute Gasteiger partial charge is 0.311 e. The lowest BCUT2D eigenvalue weighted by Gasteiger charge is -2.24. The first-order valence-corrected chi connectivity index (χ1v) is 7.67. The Morgan fingerprint density at radius 2 is 2.05 bits per heavy atom. The predicted octanol–water partition coefficient (Wildman–Crippen LogP) is 4.99. The Balaban J connectivity index is 2.31. The van der Waals surface area contributed by atoms with Gasteiger partial charge in [-0.15, -0.1) is 11.6 Å². The number of imidazole rings is 1. The monoisotopic (exact) mass is 414 g/mol. The number of benzene rings is 1. The molecule has 1 aromatic carbocycles. The Labute approximate surface area is 132 Å². The molecule has 1 aromatic heterocycles. The molecular formula is C13H11ClF3IN2. The molecule has 0 radical (unpaired) electrons. The standard InChI is InChI=1S/C13H11ClF3IN2/c1-7(14)11-19-9-6-8(18)2-3-10(9)20(11)12(4-5-12)13(15,16)17/h2-3,6-7H,4-5H2,1H3. The highest BCUT2D eigenvalue weighted by molar-refractivity contribution is 14.1. The molecule has 1 saturated carbocycles. The zero-order chi connectivity index (χ0) is 14.7. The van der Waals surface area contributed by atoms with Crippen molar-refractivity contribution in [2.45, 2.75) is 36.9 Å². The van der Waals surface area contributed by atoms with Crippen LogP contribution in [0.5, 0.6) is 0 Å². The van der Waals surface area contributed by atoms with Gasteiger partial charge < -0.3 is 4.57 Å². The predicted molar refractivity (Wildman–Crippen MR) is 80.0 cm³/mol. The summed E-state index contributed by atoms with van der Waals surface area (Å²) in [7, 11) is 0. The normalized spacial score (nSPS) is 19.3. The fourth-order valence-electron chi connectivity index (χ4n) is 2.54. The van der Waals surface area contributed by atoms with Gasteiger partial charge in [-0.05, 0) is 60.6 Å². The van der Waals surface area contributed by atoms with E-state index in [1.165, 1.54) is 4.57 Å². The molecule has 2 nitrogen and oxygen atoms in total. The second-order valence-electron chi connectivity index (χ2n) is 5.08. The van der Waals surface area contributed by atoms with Crippen molar-refractivity contribution in [1.29, 1.82) is 0 Å². The minimum absolute atomic E-state index is 0.0879. The van der Waals surface area contributed by atoms with Gasteiger partial charge in [0.15, 0.2) is 0 Å². The van der Waals surface area contributed by atoms with Gasteiger partial charge in [-0.2, -0.15) is 13.2 Å². The van der Waals surface area contributed by atoms with E-state index in [2.05, 4.69) is 27.6 Å². The summed E-state index contributed by atoms with van der Waals surface area (Å²) in [6.07, 6.45) is -4.11. The van der Waals surface area contributed by atoms with Crippen molar-refractivity contribution < 1.29 is 13.2 Å². The molecule has 1 fully saturated rings. The Kier molecular flexibility index (Phi) is 3.25. The highest BCUT2D eigenvalue weighted by Crippen LogP contribution is 2.57. The van der Waals surface area contributed by atoms with E-state index in [1.54, 1.807) is 25.1 Å². The third kappa shape index (κ3) is 2.03. The summed E-state index contributed by atoms with van der Waals surface area (Å²) in [4.78, 5) is 4.32. The zero-order valence-corrected chi connectivity index (χ0v) is 13.4. The molecule has 1 heterocycles. The van der Waals surface area contributed by atoms with Crippen molar-refractivity contribution >= 4 is 45.2 Å². The van der Waals surface area contributed by atoms with Gasteiger partial charge >= 0.3 is 6.18 Å². The first-order chi connectivity index (χ1) is 9.26. The maximum atomic E-state index is 13.4. The summed E-state index contributed by atoms with van der Waals surface area (Å²) in [5.74, 6) is 0.290. The van der Waals surface area contributed by atoms with E-state index in [-0.39, 0.29) is 12.8 Å². The molecule has 1 unspecified atom stereocenters. The fraction of sp³-hybridized carbons (Fsp3) is 0.462. The van der Waals surface area contributed by atoms with Crippen LogP contribution in [0.2, 0.25) is 0 Å². The fourth-order valence-corrected chi connectivity index (χ4v) is 3.16. The first-order valence-electron chi connectivity index (χ1n) is 6.15. The largest absolute Gasteiger partial charge is 0.412 e. The Bertz CT molecular complexity index is 674. The minimum atomic E-state index is -4.29. The van der Waals surface area contributed by atoms with Crippen LogP contribution in [0.4, 0.5) is 13.2 Å². The van der Waals surface area contributed by atoms with Crippen molar-refractivity contribution in [2.75, 3.05) is 0 Å². The minimum Gasteiger partial charge on any atom is -0.311 e. The number of aromatic nitrogens is 2. The maximum absolute atomic E-state index is 13.4. The van der Waals surface area contributed by atoms with Crippen molar-refractivity contribution in [3.8, 4) is 0 Å². The third-order valence-electron chi connectivity index (χ3n) is 3.68. The van der Waals surface area contributed by atoms with Gasteiger partial charge in [0, 0.05) is 3.57 Å². The summed E-state index contributed by atoms with van der Waals surface area (Å²) in [5, 5.41) is -0.570. The molecule has 7 heteroatoms. The van der Waals surface area contributed by atoms with Crippen molar-refractivity contribution in [3.05, 3.63) is 27.6 Å². The summed E-state index contributed by atoms with van der Waals surface area (Å²) in [6, 6.07) is 5.26. The van der Waals surface area contributed by atoms with Crippen LogP contribution in [-0.4, -0.2) is 15.7 Å². The molecule has 1 aliphatic rings. The lowest BCUT2D eigenvalue weighted by molar-refractivity contribution is -0.179. The van der Waals surface area contributed by atoms with Gasteiger partial charge in [-0.3, -0.25) is 0 Å². The molecule has 1 aliphatic carbocycles. The van der Waals surface area contributed by atoms with Crippen LogP contribution in [0.25, 0.3) is 11.0 Å². The van der Waals surface area contributed by atoms with Crippen LogP contribution in [0, 0.1) is 3.57 Å². The summed E-state index contributed by atoms with van der Waals surface area (Å²) in [6.45, 7) is 1.65. The summed E-state index contributed by atoms with van der Waals surface area (Å²) >= 11 is 8.17. The van der Waals surface area contributed by atoms with Crippen LogP contribution in [-0.2, 0) is 5.54 Å². The third-order valence-corrected chi connectivity index (χ3v) is 4.54. The van der Waals surface area contributed by atoms with Gasteiger partial charge in [0.1, 0.15) is 11.4 Å². The Morgan fingerprint density at radius 3 is 2.55 bits per heavy atom. The van der Waals surface area contributed by atoms with Gasteiger partial charge in [0.2, 0.25) is 0 Å². The van der Waals surface area contributed by atoms with Gasteiger partial charge in [0.25, 0.3) is 0 Å². The average molecular weight is 415 g/mol. The highest BCUT2D eigenvalue weighted by atomic mass is 127. The van der Waals surface area contributed by atoms with Crippen LogP contribution >= 0.6 is 34.2 Å². The van der Waals surface area contributed by atoms with Crippen molar-refractivity contribution in [1.82, 2.24) is 9.55 Å². The first kappa shape index (κ1) is 14.4. The van der Waals surface area contributed by atoms with E-state index >= 15 is 0 Å². The van der Waals surface area contributed by atoms with E-state index in [9.17, 15) is 13.2 Å². The molecule has 0 bridgehead atoms. The lowest BCUT2D eigenvalue weighted by Crippen LogP contribution is -2.36. The molecule has 0 spiro atoms. The van der Waals surface area contributed by atoms with E-state index in [4.69, 9.17) is 11.6 Å². The average Bonchev–Trinajstić information content (AvgIpc) is 3.05. The molecule has 0 amide bonds.